The van der Waals surface area contributed by atoms with Crippen LogP contribution in [-0.4, -0.2) is 33.3 Å². The molecule has 5 N–H and O–H groups in total. The molecule has 1 aliphatic carbocycles. The first-order chi connectivity index (χ1) is 8.88. The quantitative estimate of drug-likeness (QED) is 0.581. The molecule has 0 radical (unpaired) electrons. The Morgan fingerprint density at radius 3 is 2.05 bits per heavy atom. The highest BCUT2D eigenvalue weighted by molar-refractivity contribution is 5.85. The van der Waals surface area contributed by atoms with Crippen molar-refractivity contribution in [3.63, 3.8) is 0 Å². The second-order valence-corrected chi connectivity index (χ2v) is 4.80. The number of carboxylic acids is 1. The van der Waals surface area contributed by atoms with Crippen LogP contribution in [0.4, 0.5) is 0 Å². The summed E-state index contributed by atoms with van der Waals surface area (Å²) < 4.78 is 0. The van der Waals surface area contributed by atoms with Crippen LogP contribution in [0.3, 0.4) is 0 Å². The molecule has 1 aromatic rings. The van der Waals surface area contributed by atoms with Gasteiger partial charge in [-0.15, -0.1) is 0 Å². The number of rotatable bonds is 5. The highest BCUT2D eigenvalue weighted by Crippen LogP contribution is 2.48. The van der Waals surface area contributed by atoms with Gasteiger partial charge in [0.2, 0.25) is 5.91 Å². The van der Waals surface area contributed by atoms with Crippen molar-refractivity contribution in [2.45, 2.75) is 30.5 Å². The molecule has 1 amide bonds. The SMILES string of the molecule is NC(=O)C(O)C(O)c1ccc(C2(C(=O)O)CC2)cc1. The van der Waals surface area contributed by atoms with Crippen molar-refractivity contribution in [3.8, 4) is 0 Å². The number of carboxylic acid groups (broad SMARTS) is 1. The van der Waals surface area contributed by atoms with Gasteiger partial charge in [0.25, 0.3) is 0 Å². The molecule has 2 rings (SSSR count). The van der Waals surface area contributed by atoms with Gasteiger partial charge in [0.1, 0.15) is 6.10 Å². The summed E-state index contributed by atoms with van der Waals surface area (Å²) in [6.45, 7) is 0. The Morgan fingerprint density at radius 2 is 1.68 bits per heavy atom. The first kappa shape index (κ1) is 13.5. The molecule has 1 aliphatic rings. The summed E-state index contributed by atoms with van der Waals surface area (Å²) in [5.74, 6) is -1.88. The molecule has 0 saturated heterocycles. The van der Waals surface area contributed by atoms with Crippen LogP contribution in [0.5, 0.6) is 0 Å². The van der Waals surface area contributed by atoms with Crippen molar-refractivity contribution in [1.29, 1.82) is 0 Å². The smallest absolute Gasteiger partial charge is 0.314 e. The van der Waals surface area contributed by atoms with Gasteiger partial charge in [-0.2, -0.15) is 0 Å². The van der Waals surface area contributed by atoms with Crippen LogP contribution in [0.1, 0.15) is 30.1 Å². The number of nitrogens with two attached hydrogens (primary N) is 1. The lowest BCUT2D eigenvalue weighted by molar-refractivity contribution is -0.140. The zero-order valence-corrected chi connectivity index (χ0v) is 10.1. The lowest BCUT2D eigenvalue weighted by Gasteiger charge is -2.16. The van der Waals surface area contributed by atoms with Crippen LogP contribution in [0.15, 0.2) is 24.3 Å². The molecule has 1 fully saturated rings. The second-order valence-electron chi connectivity index (χ2n) is 4.80. The molecule has 6 heteroatoms. The molecular formula is C13H15NO5. The largest absolute Gasteiger partial charge is 0.481 e. The third-order valence-corrected chi connectivity index (χ3v) is 3.55. The van der Waals surface area contributed by atoms with Crippen molar-refractivity contribution < 1.29 is 24.9 Å². The fourth-order valence-electron chi connectivity index (χ4n) is 2.09. The van der Waals surface area contributed by atoms with Crippen LogP contribution >= 0.6 is 0 Å². The lowest BCUT2D eigenvalue weighted by Crippen LogP contribution is -2.33. The standard InChI is InChI=1S/C13H15NO5/c14-11(17)10(16)9(15)7-1-3-8(4-2-7)13(5-6-13)12(18)19/h1-4,9-10,15-16H,5-6H2,(H2,14,17)(H,18,19). The van der Waals surface area contributed by atoms with E-state index in [0.29, 0.717) is 24.0 Å². The van der Waals surface area contributed by atoms with Crippen LogP contribution in [0.25, 0.3) is 0 Å². The van der Waals surface area contributed by atoms with E-state index in [4.69, 9.17) is 10.8 Å². The summed E-state index contributed by atoms with van der Waals surface area (Å²) >= 11 is 0. The van der Waals surface area contributed by atoms with E-state index >= 15 is 0 Å². The zero-order valence-electron chi connectivity index (χ0n) is 10.1. The summed E-state index contributed by atoms with van der Waals surface area (Å²) in [6.07, 6.45) is -1.91. The maximum Gasteiger partial charge on any atom is 0.314 e. The summed E-state index contributed by atoms with van der Waals surface area (Å²) in [6, 6.07) is 6.17. The third-order valence-electron chi connectivity index (χ3n) is 3.55. The Morgan fingerprint density at radius 1 is 1.16 bits per heavy atom. The predicted octanol–water partition coefficient (Wildman–Crippen LogP) is -0.318. The third kappa shape index (κ3) is 2.32. The predicted molar refractivity (Wildman–Crippen MR) is 65.2 cm³/mol. The van der Waals surface area contributed by atoms with Gasteiger partial charge in [-0.1, -0.05) is 24.3 Å². The average Bonchev–Trinajstić information content (AvgIpc) is 3.18. The van der Waals surface area contributed by atoms with Gasteiger partial charge in [-0.05, 0) is 24.0 Å². The average molecular weight is 265 g/mol. The minimum Gasteiger partial charge on any atom is -0.481 e. The molecule has 0 heterocycles. The first-order valence-electron chi connectivity index (χ1n) is 5.88. The van der Waals surface area contributed by atoms with E-state index < -0.39 is 29.5 Å². The van der Waals surface area contributed by atoms with Gasteiger partial charge in [0, 0.05) is 0 Å². The van der Waals surface area contributed by atoms with E-state index in [2.05, 4.69) is 0 Å². The fourth-order valence-corrected chi connectivity index (χ4v) is 2.09. The Labute approximate surface area is 109 Å². The number of carbonyl (C=O) groups is 2. The van der Waals surface area contributed by atoms with Crippen molar-refractivity contribution in [3.05, 3.63) is 35.4 Å². The molecule has 102 valence electrons. The summed E-state index contributed by atoms with van der Waals surface area (Å²) in [7, 11) is 0. The Hall–Kier alpha value is -1.92. The van der Waals surface area contributed by atoms with E-state index in [1.54, 1.807) is 12.1 Å². The Kier molecular flexibility index (Phi) is 3.30. The summed E-state index contributed by atoms with van der Waals surface area (Å²) in [5, 5.41) is 28.2. The highest BCUT2D eigenvalue weighted by atomic mass is 16.4. The topological polar surface area (TPSA) is 121 Å². The lowest BCUT2D eigenvalue weighted by atomic mass is 9.93. The molecule has 19 heavy (non-hydrogen) atoms. The van der Waals surface area contributed by atoms with Crippen LogP contribution in [-0.2, 0) is 15.0 Å². The van der Waals surface area contributed by atoms with Gasteiger partial charge < -0.3 is 21.1 Å². The number of aliphatic carboxylic acids is 1. The monoisotopic (exact) mass is 265 g/mol. The van der Waals surface area contributed by atoms with Gasteiger partial charge in [-0.3, -0.25) is 9.59 Å². The van der Waals surface area contributed by atoms with E-state index in [1.807, 2.05) is 0 Å². The van der Waals surface area contributed by atoms with Crippen molar-refractivity contribution in [2.75, 3.05) is 0 Å². The number of aliphatic hydroxyl groups excluding tert-OH is 2. The molecule has 0 bridgehead atoms. The van der Waals surface area contributed by atoms with Crippen LogP contribution in [0, 0.1) is 0 Å². The number of hydrogen-bond donors (Lipinski definition) is 4. The number of primary amides is 1. The van der Waals surface area contributed by atoms with Crippen molar-refractivity contribution >= 4 is 11.9 Å². The Balaban J connectivity index is 2.20. The van der Waals surface area contributed by atoms with E-state index in [0.717, 1.165) is 0 Å². The van der Waals surface area contributed by atoms with Crippen LogP contribution < -0.4 is 5.73 Å². The van der Waals surface area contributed by atoms with Crippen LogP contribution in [0.2, 0.25) is 0 Å². The molecule has 2 unspecified atom stereocenters. The first-order valence-corrected chi connectivity index (χ1v) is 5.88. The second kappa shape index (κ2) is 4.64. The molecule has 0 spiro atoms. The summed E-state index contributed by atoms with van der Waals surface area (Å²) in [5.41, 5.74) is 5.06. The summed E-state index contributed by atoms with van der Waals surface area (Å²) in [4.78, 5) is 21.9. The molecular weight excluding hydrogens is 250 g/mol. The van der Waals surface area contributed by atoms with E-state index in [1.165, 1.54) is 12.1 Å². The maximum absolute atomic E-state index is 11.1. The van der Waals surface area contributed by atoms with Crippen molar-refractivity contribution in [2.24, 2.45) is 5.73 Å². The molecule has 1 aromatic carbocycles. The number of aliphatic hydroxyl groups is 2. The molecule has 2 atom stereocenters. The number of carbonyl (C=O) groups excluding carboxylic acids is 1. The molecule has 1 saturated carbocycles. The highest BCUT2D eigenvalue weighted by Gasteiger charge is 2.51. The van der Waals surface area contributed by atoms with E-state index in [9.17, 15) is 19.8 Å². The van der Waals surface area contributed by atoms with E-state index in [-0.39, 0.29) is 0 Å². The number of amides is 1. The fraction of sp³-hybridized carbons (Fsp3) is 0.385. The van der Waals surface area contributed by atoms with Gasteiger partial charge >= 0.3 is 5.97 Å². The molecule has 0 aliphatic heterocycles. The number of benzene rings is 1. The molecule has 6 nitrogen and oxygen atoms in total. The zero-order chi connectivity index (χ0) is 14.2. The minimum absolute atomic E-state index is 0.316. The number of hydrogen-bond acceptors (Lipinski definition) is 4. The van der Waals surface area contributed by atoms with Gasteiger partial charge in [-0.25, -0.2) is 0 Å². The minimum atomic E-state index is -1.68. The maximum atomic E-state index is 11.1. The normalized spacial score (nSPS) is 19.5. The van der Waals surface area contributed by atoms with Gasteiger partial charge in [0.05, 0.1) is 5.41 Å². The Bertz CT molecular complexity index is 506. The van der Waals surface area contributed by atoms with Crippen molar-refractivity contribution in [1.82, 2.24) is 0 Å². The molecule has 0 aromatic heterocycles. The van der Waals surface area contributed by atoms with Gasteiger partial charge in [0.15, 0.2) is 6.10 Å².